The van der Waals surface area contributed by atoms with Gasteiger partial charge in [-0.1, -0.05) is 30.4 Å². The van der Waals surface area contributed by atoms with Gasteiger partial charge in [-0.15, -0.1) is 0 Å². The van der Waals surface area contributed by atoms with E-state index in [1.54, 1.807) is 49.6 Å². The van der Waals surface area contributed by atoms with E-state index in [0.29, 0.717) is 0 Å². The van der Waals surface area contributed by atoms with E-state index in [0.717, 1.165) is 88.9 Å². The molecule has 9 N–H and O–H groups in total. The van der Waals surface area contributed by atoms with E-state index in [2.05, 4.69) is 161 Å². The first-order chi connectivity index (χ1) is 54.4. The Balaban J connectivity index is 0.000000105. The molecule has 24 rings (SSSR count). The van der Waals surface area contributed by atoms with Gasteiger partial charge in [0.25, 0.3) is 0 Å². The summed E-state index contributed by atoms with van der Waals surface area (Å²) in [5.74, 6) is 0. The van der Waals surface area contributed by atoms with Crippen molar-refractivity contribution in [3.8, 4) is 11.3 Å². The number of pyridine rings is 12. The Kier molecular flexibility index (Phi) is 25.4. The average molecular weight is 1440 g/mol. The maximum atomic E-state index is 4.18. The quantitative estimate of drug-likeness (QED) is 0.0688. The Bertz CT molecular complexity index is 5330. The molecule has 0 radical (unpaired) electrons. The minimum Gasteiger partial charge on any atom is -0.361 e. The summed E-state index contributed by atoms with van der Waals surface area (Å²) in [6.07, 6.45) is 61.5. The van der Waals surface area contributed by atoms with Crippen LogP contribution in [0.15, 0.2) is 368 Å². The van der Waals surface area contributed by atoms with Crippen molar-refractivity contribution < 1.29 is 0 Å². The number of rotatable bonds is 0. The maximum Gasteiger partial charge on any atom is 0.137 e. The minimum atomic E-state index is 0.956. The molecule has 0 aromatic carbocycles. The number of H-pyrrole nitrogens is 9. The highest BCUT2D eigenvalue weighted by molar-refractivity contribution is 5.83. The lowest BCUT2D eigenvalue weighted by molar-refractivity contribution is 0.932. The third kappa shape index (κ3) is 20.9. The van der Waals surface area contributed by atoms with Crippen LogP contribution >= 0.6 is 0 Å². The zero-order chi connectivity index (χ0) is 75.0. The molecule has 3 aliphatic rings. The molecule has 22 heteroatoms. The molecule has 22 heterocycles. The molecule has 0 saturated carbocycles. The van der Waals surface area contributed by atoms with Gasteiger partial charge in [-0.05, 0) is 181 Å². The fraction of sp³-hybridized carbons (Fsp3) is 0.0341. The zero-order valence-electron chi connectivity index (χ0n) is 60.2. The van der Waals surface area contributed by atoms with Crippen LogP contribution in [0.25, 0.3) is 127 Å². The Morgan fingerprint density at radius 1 is 0.264 bits per heavy atom. The Hall–Kier alpha value is -15.5. The van der Waals surface area contributed by atoms with Gasteiger partial charge in [0.05, 0.1) is 51.0 Å². The van der Waals surface area contributed by atoms with Gasteiger partial charge >= 0.3 is 0 Å². The van der Waals surface area contributed by atoms with E-state index < -0.39 is 0 Å². The zero-order valence-corrected chi connectivity index (χ0v) is 60.2. The number of aromatic nitrogens is 22. The molecule has 0 spiro atoms. The number of nitrogens with zero attached hydrogens (tertiary/aromatic N) is 13. The topological polar surface area (TPSA) is 294 Å². The Labute approximate surface area is 631 Å². The lowest BCUT2D eigenvalue weighted by Crippen LogP contribution is -1.80. The summed E-state index contributed by atoms with van der Waals surface area (Å²) in [7, 11) is 4.02. The van der Waals surface area contributed by atoms with Crippen molar-refractivity contribution in [2.45, 2.75) is 6.42 Å². The van der Waals surface area contributed by atoms with Crippen LogP contribution in [0.1, 0.15) is 11.1 Å². The summed E-state index contributed by atoms with van der Waals surface area (Å²) >= 11 is 0. The van der Waals surface area contributed by atoms with Gasteiger partial charge in [0.2, 0.25) is 0 Å². The highest BCUT2D eigenvalue weighted by atomic mass is 14.9. The van der Waals surface area contributed by atoms with Crippen LogP contribution in [0.2, 0.25) is 0 Å². The predicted molar refractivity (Wildman–Crippen MR) is 445 cm³/mol. The molecule has 21 aromatic heterocycles. The molecule has 21 aromatic rings. The molecular formula is C88H78N22. The molecular weight excluding hydrogens is 1370 g/mol. The summed E-state index contributed by atoms with van der Waals surface area (Å²) in [6.45, 7) is 0. The van der Waals surface area contributed by atoms with Gasteiger partial charge in [0, 0.05) is 253 Å². The highest BCUT2D eigenvalue weighted by Crippen LogP contribution is 2.20. The molecule has 22 nitrogen and oxygen atoms in total. The normalized spacial score (nSPS) is 10.6. The molecule has 0 unspecified atom stereocenters. The number of aromatic amines is 9. The third-order valence-corrected chi connectivity index (χ3v) is 16.9. The summed E-state index contributed by atoms with van der Waals surface area (Å²) in [5.41, 5.74) is 16.8. The van der Waals surface area contributed by atoms with Gasteiger partial charge in [-0.2, -0.15) is 0 Å². The summed E-state index contributed by atoms with van der Waals surface area (Å²) in [4.78, 5) is 72.0. The van der Waals surface area contributed by atoms with E-state index in [-0.39, 0.29) is 0 Å². The highest BCUT2D eigenvalue weighted by Gasteiger charge is 2.02. The van der Waals surface area contributed by atoms with E-state index in [4.69, 9.17) is 0 Å². The minimum absolute atomic E-state index is 0.956. The fourth-order valence-electron chi connectivity index (χ4n) is 11.4. The van der Waals surface area contributed by atoms with Crippen LogP contribution < -0.4 is 0 Å². The van der Waals surface area contributed by atoms with Crippen molar-refractivity contribution in [2.24, 2.45) is 14.1 Å². The molecule has 2 aliphatic carbocycles. The van der Waals surface area contributed by atoms with Crippen LogP contribution in [-0.2, 0) is 20.5 Å². The smallest absolute Gasteiger partial charge is 0.137 e. The molecule has 0 fully saturated rings. The second kappa shape index (κ2) is 38.3. The van der Waals surface area contributed by atoms with Gasteiger partial charge in [-0.3, -0.25) is 44.9 Å². The van der Waals surface area contributed by atoms with Crippen LogP contribution in [0.4, 0.5) is 0 Å². The summed E-state index contributed by atoms with van der Waals surface area (Å²) in [6, 6.07) is 57.9. The third-order valence-electron chi connectivity index (χ3n) is 16.9. The van der Waals surface area contributed by atoms with E-state index >= 15 is 0 Å². The van der Waals surface area contributed by atoms with Gasteiger partial charge in [0.15, 0.2) is 0 Å². The molecule has 1 aliphatic heterocycles. The van der Waals surface area contributed by atoms with Crippen LogP contribution in [0.3, 0.4) is 0 Å². The first-order valence-corrected chi connectivity index (χ1v) is 35.2. The van der Waals surface area contributed by atoms with Crippen molar-refractivity contribution in [2.75, 3.05) is 0 Å². The largest absolute Gasteiger partial charge is 0.361 e. The van der Waals surface area contributed by atoms with E-state index in [1.807, 2.05) is 287 Å². The number of aryl methyl sites for hydroxylation is 2. The van der Waals surface area contributed by atoms with Gasteiger partial charge < -0.3 is 54.0 Å². The summed E-state index contributed by atoms with van der Waals surface area (Å²) < 4.78 is 4.05. The Morgan fingerprint density at radius 2 is 0.691 bits per heavy atom. The second-order valence-electron chi connectivity index (χ2n) is 24.5. The number of hydrogen-bond donors (Lipinski definition) is 9. The van der Waals surface area contributed by atoms with Crippen molar-refractivity contribution in [1.29, 1.82) is 0 Å². The molecule has 0 saturated heterocycles. The lowest BCUT2D eigenvalue weighted by atomic mass is 10.2. The first-order valence-electron chi connectivity index (χ1n) is 35.2. The summed E-state index contributed by atoms with van der Waals surface area (Å²) in [5, 5.41) is 10.7. The predicted octanol–water partition coefficient (Wildman–Crippen LogP) is 19.4. The van der Waals surface area contributed by atoms with Crippen molar-refractivity contribution in [1.82, 2.24) is 109 Å². The molecule has 540 valence electrons. The Morgan fingerprint density at radius 3 is 1.23 bits per heavy atom. The van der Waals surface area contributed by atoms with E-state index in [9.17, 15) is 0 Å². The molecule has 0 bridgehead atoms. The first kappa shape index (κ1) is 72.9. The van der Waals surface area contributed by atoms with Crippen LogP contribution in [0.5, 0.6) is 0 Å². The van der Waals surface area contributed by atoms with Gasteiger partial charge in [-0.25, -0.2) is 9.97 Å². The lowest BCUT2D eigenvalue weighted by Gasteiger charge is -1.93. The maximum absolute atomic E-state index is 4.18. The van der Waals surface area contributed by atoms with E-state index in [1.165, 1.54) is 49.3 Å². The molecule has 0 atom stereocenters. The van der Waals surface area contributed by atoms with Crippen molar-refractivity contribution >= 4 is 115 Å². The van der Waals surface area contributed by atoms with Crippen molar-refractivity contribution in [3.05, 3.63) is 379 Å². The standard InChI is InChI=1S/2C8H8N2.2C8H7N.8C7H6N2/c1-10-5-7-2-3-9-4-8(7)6-10;1-10-5-7-3-2-4-9-8(7)6-10;1-3-7-4-2-6-9-8(7)5-1;1-2-7-4-5-9-6-8(7)3-1;2*1-4-9-7-2-3-8-5-6(1)7;2*1-3-8-5-7-6(1)2-4-9-7;2*1-2-6-7(8-4-1)3-5-9-6;2*1-2-6-3-5-9-7(6)8-4-1/h2*2-6H,1H3;1-6,9H;1,3-6H,2H2;6*1-5,9H;2*1-5H,(H,8,9). The van der Waals surface area contributed by atoms with Crippen LogP contribution in [-0.4, -0.2) is 109 Å². The average Bonchev–Trinajstić information content (AvgIpc) is 1.71. The SMILES string of the molecule is C1=Cc2cnccc2C1.Cn1cc2cccnc2c1.Cn1cc2ccncc2c1.c1c[nH]c2cccc-2c1.c1cc2[nH]ccc2cn1.c1cc2[nH]ccc2cn1.c1cc2cc[nH]c2cn1.c1cc2cc[nH]c2cn1.c1cnc2[nH]ccc2c1.c1cnc2[nH]ccc2c1.c1cnc2cc[nH]c2c1.c1cnc2cc[nH]c2c1. The monoisotopic (exact) mass is 1440 g/mol. The number of allylic oxidation sites excluding steroid dienone is 1. The number of nitrogens with one attached hydrogen (secondary N) is 9. The second-order valence-corrected chi connectivity index (χ2v) is 24.5. The van der Waals surface area contributed by atoms with Crippen LogP contribution in [0, 0.1) is 0 Å². The van der Waals surface area contributed by atoms with Gasteiger partial charge in [0.1, 0.15) is 11.3 Å². The molecule has 0 amide bonds. The fourth-order valence-corrected chi connectivity index (χ4v) is 11.4. The number of fused-ring (bicyclic) bond motifs is 12. The van der Waals surface area contributed by atoms with Crippen molar-refractivity contribution in [3.63, 3.8) is 0 Å². The molecule has 110 heavy (non-hydrogen) atoms. The number of hydrogen-bond acceptors (Lipinski definition) is 11.